The number of benzene rings is 4. The largest absolute Gasteiger partial charge is 0.508 e. The number of hydrogen-bond acceptors (Lipinski definition) is 6. The van der Waals surface area contributed by atoms with E-state index in [0.717, 1.165) is 21.0 Å². The average molecular weight is 427 g/mol. The van der Waals surface area contributed by atoms with Crippen LogP contribution in [0.3, 0.4) is 0 Å². The van der Waals surface area contributed by atoms with Crippen LogP contribution in [-0.2, 0) is 0 Å². The van der Waals surface area contributed by atoms with Crippen LogP contribution in [-0.4, -0.2) is 15.0 Å². The van der Waals surface area contributed by atoms with Crippen molar-refractivity contribution < 1.29 is 10.0 Å². The molecule has 0 fully saturated rings. The summed E-state index contributed by atoms with van der Waals surface area (Å²) < 4.78 is 1.03. The minimum absolute atomic E-state index is 0.00618. The lowest BCUT2D eigenvalue weighted by molar-refractivity contribution is -0.384. The van der Waals surface area contributed by atoms with E-state index >= 15 is 0 Å². The molecule has 6 nitrogen and oxygen atoms in total. The van der Waals surface area contributed by atoms with E-state index in [-0.39, 0.29) is 11.4 Å². The molecule has 0 saturated carbocycles. The number of anilines is 1. The Bertz CT molecular complexity index is 1400. The fourth-order valence-corrected chi connectivity index (χ4v) is 4.68. The monoisotopic (exact) mass is 427 g/mol. The smallest absolute Gasteiger partial charge is 0.269 e. The van der Waals surface area contributed by atoms with Gasteiger partial charge in [0.25, 0.3) is 5.69 Å². The molecule has 0 amide bonds. The number of aromatic nitrogens is 1. The molecule has 0 spiro atoms. The van der Waals surface area contributed by atoms with Crippen LogP contribution in [0, 0.1) is 10.1 Å². The van der Waals surface area contributed by atoms with Gasteiger partial charge in [-0.25, -0.2) is 4.98 Å². The van der Waals surface area contributed by atoms with Crippen molar-refractivity contribution in [3.8, 4) is 5.75 Å². The Morgan fingerprint density at radius 3 is 2.61 bits per heavy atom. The molecule has 4 aromatic carbocycles. The maximum Gasteiger partial charge on any atom is 0.269 e. The first kappa shape index (κ1) is 19.0. The number of non-ortho nitro benzene ring substituents is 1. The van der Waals surface area contributed by atoms with Crippen molar-refractivity contribution in [2.24, 2.45) is 0 Å². The third kappa shape index (κ3) is 3.55. The van der Waals surface area contributed by atoms with E-state index in [0.29, 0.717) is 16.3 Å². The van der Waals surface area contributed by atoms with Crippen molar-refractivity contribution in [2.45, 2.75) is 6.04 Å². The maximum absolute atomic E-state index is 11.4. The first-order chi connectivity index (χ1) is 15.1. The molecule has 5 rings (SSSR count). The number of phenolic OH excluding ortho intramolecular Hbond substituents is 1. The number of nitrogens with one attached hydrogen (secondary N) is 1. The predicted octanol–water partition coefficient (Wildman–Crippen LogP) is 6.26. The van der Waals surface area contributed by atoms with Crippen molar-refractivity contribution in [1.29, 1.82) is 0 Å². The highest BCUT2D eigenvalue weighted by Gasteiger charge is 2.23. The summed E-state index contributed by atoms with van der Waals surface area (Å²) in [6.45, 7) is 0. The molecule has 0 aliphatic rings. The Kier molecular flexibility index (Phi) is 4.72. The van der Waals surface area contributed by atoms with Crippen molar-refractivity contribution in [3.05, 3.63) is 106 Å². The van der Waals surface area contributed by atoms with Crippen molar-refractivity contribution in [2.75, 3.05) is 5.32 Å². The fourth-order valence-electron chi connectivity index (χ4n) is 3.78. The number of rotatable bonds is 5. The number of hydrogen-bond donors (Lipinski definition) is 2. The summed E-state index contributed by atoms with van der Waals surface area (Å²) in [4.78, 5) is 15.6. The van der Waals surface area contributed by atoms with E-state index in [1.807, 2.05) is 60.7 Å². The molecule has 5 aromatic rings. The summed E-state index contributed by atoms with van der Waals surface area (Å²) in [5.74, 6) is 0.115. The number of thiazole rings is 1. The third-order valence-electron chi connectivity index (χ3n) is 5.21. The van der Waals surface area contributed by atoms with E-state index in [9.17, 15) is 15.2 Å². The van der Waals surface area contributed by atoms with Crippen LogP contribution in [0.2, 0.25) is 0 Å². The Balaban J connectivity index is 1.71. The first-order valence-electron chi connectivity index (χ1n) is 9.67. The van der Waals surface area contributed by atoms with Crippen molar-refractivity contribution in [3.63, 3.8) is 0 Å². The molecule has 2 N–H and O–H groups in total. The van der Waals surface area contributed by atoms with Crippen LogP contribution in [0.5, 0.6) is 5.75 Å². The second-order valence-corrected chi connectivity index (χ2v) is 8.17. The SMILES string of the molecule is O=[N+]([O-])c1cccc(C(Nc2nc3ccccc3s2)c2c(O)ccc3ccccc23)c1. The van der Waals surface area contributed by atoms with Gasteiger partial charge in [-0.15, -0.1) is 0 Å². The van der Waals surface area contributed by atoms with E-state index in [2.05, 4.69) is 10.3 Å². The maximum atomic E-state index is 11.4. The number of nitro benzene ring substituents is 1. The number of para-hydroxylation sites is 1. The van der Waals surface area contributed by atoms with Gasteiger partial charge in [-0.3, -0.25) is 10.1 Å². The molecule has 152 valence electrons. The second kappa shape index (κ2) is 7.70. The normalized spacial score (nSPS) is 12.1. The summed E-state index contributed by atoms with van der Waals surface area (Å²) in [6.07, 6.45) is 0. The second-order valence-electron chi connectivity index (χ2n) is 7.14. The van der Waals surface area contributed by atoms with E-state index in [1.54, 1.807) is 12.1 Å². The van der Waals surface area contributed by atoms with Crippen LogP contribution in [0.25, 0.3) is 21.0 Å². The minimum atomic E-state index is -0.536. The standard InChI is InChI=1S/C24H17N3O3S/c28-20-13-12-15-6-1-2-9-18(15)22(20)23(16-7-5-8-17(14-16)27(29)30)26-24-25-19-10-3-4-11-21(19)31-24/h1-14,23,28H,(H,25,26). The predicted molar refractivity (Wildman–Crippen MR) is 124 cm³/mol. The number of fused-ring (bicyclic) bond motifs is 2. The summed E-state index contributed by atoms with van der Waals surface area (Å²) in [7, 11) is 0. The van der Waals surface area contributed by atoms with Gasteiger partial charge < -0.3 is 10.4 Å². The van der Waals surface area contributed by atoms with E-state index < -0.39 is 11.0 Å². The van der Waals surface area contributed by atoms with E-state index in [4.69, 9.17) is 0 Å². The third-order valence-corrected chi connectivity index (χ3v) is 6.18. The van der Waals surface area contributed by atoms with Gasteiger partial charge in [-0.1, -0.05) is 65.9 Å². The van der Waals surface area contributed by atoms with E-state index in [1.165, 1.54) is 23.5 Å². The quantitative estimate of drug-likeness (QED) is 0.255. The fraction of sp³-hybridized carbons (Fsp3) is 0.0417. The van der Waals surface area contributed by atoms with Crippen molar-refractivity contribution >= 4 is 43.1 Å². The number of nitro groups is 1. The highest BCUT2D eigenvalue weighted by atomic mass is 32.1. The average Bonchev–Trinajstić information content (AvgIpc) is 3.20. The van der Waals surface area contributed by atoms with Gasteiger partial charge >= 0.3 is 0 Å². The lowest BCUT2D eigenvalue weighted by atomic mass is 9.92. The molecule has 1 unspecified atom stereocenters. The van der Waals surface area contributed by atoms with Gasteiger partial charge in [-0.05, 0) is 34.5 Å². The molecule has 1 heterocycles. The first-order valence-corrected chi connectivity index (χ1v) is 10.5. The zero-order valence-electron chi connectivity index (χ0n) is 16.2. The Morgan fingerprint density at radius 2 is 1.77 bits per heavy atom. The van der Waals surface area contributed by atoms with Crippen LogP contribution in [0.4, 0.5) is 10.8 Å². The van der Waals surface area contributed by atoms with Crippen LogP contribution in [0.15, 0.2) is 84.9 Å². The van der Waals surface area contributed by atoms with Gasteiger partial charge in [0.05, 0.1) is 21.2 Å². The Labute approximate surface area is 181 Å². The molecule has 0 aliphatic heterocycles. The molecule has 1 aromatic heterocycles. The zero-order chi connectivity index (χ0) is 21.4. The summed E-state index contributed by atoms with van der Waals surface area (Å²) in [5, 5.41) is 28.2. The Hall–Kier alpha value is -3.97. The molecule has 0 radical (unpaired) electrons. The van der Waals surface area contributed by atoms with Gasteiger partial charge in [0.2, 0.25) is 0 Å². The lowest BCUT2D eigenvalue weighted by Crippen LogP contribution is -2.13. The lowest BCUT2D eigenvalue weighted by Gasteiger charge is -2.22. The van der Waals surface area contributed by atoms with Gasteiger partial charge in [-0.2, -0.15) is 0 Å². The van der Waals surface area contributed by atoms with Crippen LogP contribution < -0.4 is 5.32 Å². The molecule has 1 atom stereocenters. The van der Waals surface area contributed by atoms with Gasteiger partial charge in [0, 0.05) is 17.7 Å². The zero-order valence-corrected chi connectivity index (χ0v) is 17.0. The highest BCUT2D eigenvalue weighted by molar-refractivity contribution is 7.22. The van der Waals surface area contributed by atoms with Gasteiger partial charge in [0.1, 0.15) is 5.75 Å². The molecule has 31 heavy (non-hydrogen) atoms. The topological polar surface area (TPSA) is 88.3 Å². The number of aromatic hydroxyl groups is 1. The van der Waals surface area contributed by atoms with Crippen LogP contribution in [0.1, 0.15) is 17.2 Å². The molecular weight excluding hydrogens is 410 g/mol. The number of nitrogens with zero attached hydrogens (tertiary/aromatic N) is 2. The number of phenols is 1. The molecule has 0 bridgehead atoms. The molecule has 7 heteroatoms. The molecule has 0 aliphatic carbocycles. The molecule has 0 saturated heterocycles. The Morgan fingerprint density at radius 1 is 0.968 bits per heavy atom. The highest BCUT2D eigenvalue weighted by Crippen LogP contribution is 2.39. The van der Waals surface area contributed by atoms with Crippen LogP contribution >= 0.6 is 11.3 Å². The molecular formula is C24H17N3O3S. The summed E-state index contributed by atoms with van der Waals surface area (Å²) in [6, 6.07) is 25.0. The van der Waals surface area contributed by atoms with Crippen molar-refractivity contribution in [1.82, 2.24) is 4.98 Å². The summed E-state index contributed by atoms with van der Waals surface area (Å²) in [5.41, 5.74) is 2.18. The summed E-state index contributed by atoms with van der Waals surface area (Å²) >= 11 is 1.50. The van der Waals surface area contributed by atoms with Gasteiger partial charge in [0.15, 0.2) is 5.13 Å². The minimum Gasteiger partial charge on any atom is -0.508 e.